The number of nitrogens with one attached hydrogen (secondary N) is 1. The molecule has 0 spiro atoms. The van der Waals surface area contributed by atoms with Crippen LogP contribution in [-0.4, -0.2) is 33.4 Å². The molecule has 3 aliphatic rings. The quantitative estimate of drug-likeness (QED) is 0.679. The van der Waals surface area contributed by atoms with E-state index in [0.29, 0.717) is 17.8 Å². The van der Waals surface area contributed by atoms with E-state index in [1.54, 1.807) is 30.5 Å². The summed E-state index contributed by atoms with van der Waals surface area (Å²) < 4.78 is 0. The van der Waals surface area contributed by atoms with Gasteiger partial charge in [-0.05, 0) is 43.0 Å². The van der Waals surface area contributed by atoms with Crippen molar-refractivity contribution in [2.45, 2.75) is 57.0 Å². The minimum Gasteiger partial charge on any atom is -0.480 e. The number of rotatable bonds is 5. The normalized spacial score (nSPS) is 30.0. The van der Waals surface area contributed by atoms with E-state index in [0.717, 1.165) is 37.7 Å². The summed E-state index contributed by atoms with van der Waals surface area (Å²) in [6.07, 6.45) is 7.17. The number of pyridine rings is 1. The van der Waals surface area contributed by atoms with Crippen molar-refractivity contribution in [2.75, 3.05) is 4.90 Å². The fourth-order valence-electron chi connectivity index (χ4n) is 6.19. The summed E-state index contributed by atoms with van der Waals surface area (Å²) in [6.45, 7) is 1.85. The molecule has 1 aromatic carbocycles. The van der Waals surface area contributed by atoms with Gasteiger partial charge in [0.1, 0.15) is 5.54 Å². The molecule has 4 atom stereocenters. The molecular formula is C26H29N3O4. The second-order valence-corrected chi connectivity index (χ2v) is 9.66. The van der Waals surface area contributed by atoms with Gasteiger partial charge in [0.05, 0.1) is 29.3 Å². The molecule has 2 amide bonds. The topological polar surface area (TPSA) is 99.6 Å². The number of carboxylic acid groups (broad SMARTS) is 1. The van der Waals surface area contributed by atoms with E-state index in [4.69, 9.17) is 0 Å². The number of hydrogen-bond acceptors (Lipinski definition) is 5. The van der Waals surface area contributed by atoms with E-state index >= 15 is 0 Å². The molecule has 3 fully saturated rings. The van der Waals surface area contributed by atoms with Gasteiger partial charge in [-0.3, -0.25) is 24.7 Å². The molecule has 1 saturated carbocycles. The van der Waals surface area contributed by atoms with E-state index in [-0.39, 0.29) is 11.8 Å². The van der Waals surface area contributed by atoms with Gasteiger partial charge in [0.15, 0.2) is 0 Å². The van der Waals surface area contributed by atoms with Gasteiger partial charge in [-0.1, -0.05) is 56.4 Å². The van der Waals surface area contributed by atoms with E-state index in [9.17, 15) is 19.5 Å². The Hall–Kier alpha value is -3.06. The lowest BCUT2D eigenvalue weighted by molar-refractivity contribution is -0.150. The number of fused-ring (bicyclic) bond motifs is 1. The Morgan fingerprint density at radius 1 is 1.09 bits per heavy atom. The van der Waals surface area contributed by atoms with Crippen LogP contribution >= 0.6 is 0 Å². The smallest absolute Gasteiger partial charge is 0.324 e. The molecule has 2 aliphatic heterocycles. The molecule has 2 aromatic rings. The molecule has 33 heavy (non-hydrogen) atoms. The molecule has 7 heteroatoms. The molecule has 7 nitrogen and oxygen atoms in total. The number of para-hydroxylation sites is 1. The first-order valence-corrected chi connectivity index (χ1v) is 11.8. The van der Waals surface area contributed by atoms with Crippen LogP contribution in [0, 0.1) is 24.7 Å². The van der Waals surface area contributed by atoms with Gasteiger partial charge in [-0.2, -0.15) is 0 Å². The Balaban J connectivity index is 1.62. The summed E-state index contributed by atoms with van der Waals surface area (Å²) in [4.78, 5) is 46.2. The van der Waals surface area contributed by atoms with Gasteiger partial charge in [0.25, 0.3) is 0 Å². The lowest BCUT2D eigenvalue weighted by Gasteiger charge is -2.35. The van der Waals surface area contributed by atoms with E-state index in [2.05, 4.69) is 10.3 Å². The second-order valence-electron chi connectivity index (χ2n) is 9.66. The van der Waals surface area contributed by atoms with E-state index in [1.165, 1.54) is 4.90 Å². The van der Waals surface area contributed by atoms with Crippen molar-refractivity contribution in [3.63, 3.8) is 0 Å². The Bertz CT molecular complexity index is 1080. The average molecular weight is 448 g/mol. The second kappa shape index (κ2) is 8.37. The van der Waals surface area contributed by atoms with Crippen LogP contribution in [0.2, 0.25) is 0 Å². The Morgan fingerprint density at radius 3 is 2.48 bits per heavy atom. The summed E-state index contributed by atoms with van der Waals surface area (Å²) >= 11 is 0. The molecule has 2 saturated heterocycles. The van der Waals surface area contributed by atoms with Gasteiger partial charge in [-0.15, -0.1) is 0 Å². The monoisotopic (exact) mass is 447 g/mol. The van der Waals surface area contributed by atoms with Crippen LogP contribution < -0.4 is 10.2 Å². The zero-order chi connectivity index (χ0) is 23.2. The molecule has 172 valence electrons. The molecule has 4 unspecified atom stereocenters. The van der Waals surface area contributed by atoms with Crippen molar-refractivity contribution in [1.29, 1.82) is 0 Å². The van der Waals surface area contributed by atoms with Crippen LogP contribution in [0.3, 0.4) is 0 Å². The maximum atomic E-state index is 13.9. The molecule has 1 aromatic heterocycles. The zero-order valence-electron chi connectivity index (χ0n) is 18.7. The van der Waals surface area contributed by atoms with Crippen molar-refractivity contribution in [3.8, 4) is 0 Å². The summed E-state index contributed by atoms with van der Waals surface area (Å²) in [7, 11) is 0. The first-order chi connectivity index (χ1) is 15.9. The SMILES string of the molecule is Cc1ccccc1N1C(=O)C2C(c3ccccn3)NC(CC3CCCCC3)(C(=O)O)C2C1=O. The van der Waals surface area contributed by atoms with Crippen LogP contribution in [-0.2, 0) is 14.4 Å². The molecular weight excluding hydrogens is 418 g/mol. The summed E-state index contributed by atoms with van der Waals surface area (Å²) in [5, 5.41) is 13.8. The molecule has 3 heterocycles. The highest BCUT2D eigenvalue weighted by Gasteiger charge is 2.69. The van der Waals surface area contributed by atoms with Crippen LogP contribution in [0.5, 0.6) is 0 Å². The maximum absolute atomic E-state index is 13.9. The zero-order valence-corrected chi connectivity index (χ0v) is 18.7. The van der Waals surface area contributed by atoms with Crippen LogP contribution in [0.25, 0.3) is 0 Å². The number of hydrogen-bond donors (Lipinski definition) is 2. The minimum atomic E-state index is -1.50. The largest absolute Gasteiger partial charge is 0.480 e. The third kappa shape index (κ3) is 3.46. The summed E-state index contributed by atoms with van der Waals surface area (Å²) in [5.41, 5.74) is 0.416. The molecule has 0 bridgehead atoms. The lowest BCUT2D eigenvalue weighted by atomic mass is 9.72. The van der Waals surface area contributed by atoms with Gasteiger partial charge in [0.2, 0.25) is 11.8 Å². The first kappa shape index (κ1) is 21.8. The Labute approximate surface area is 193 Å². The minimum absolute atomic E-state index is 0.209. The number of imide groups is 1. The number of amides is 2. The molecule has 1 aliphatic carbocycles. The number of benzene rings is 1. The number of aliphatic carboxylic acids is 1. The van der Waals surface area contributed by atoms with Crippen molar-refractivity contribution in [2.24, 2.45) is 17.8 Å². The molecule has 0 radical (unpaired) electrons. The van der Waals surface area contributed by atoms with Gasteiger partial charge >= 0.3 is 5.97 Å². The third-order valence-electron chi connectivity index (χ3n) is 7.73. The number of carbonyl (C=O) groups excluding carboxylic acids is 2. The lowest BCUT2D eigenvalue weighted by Crippen LogP contribution is -2.57. The fraction of sp³-hybridized carbons (Fsp3) is 0.462. The highest BCUT2D eigenvalue weighted by Crippen LogP contribution is 2.52. The third-order valence-corrected chi connectivity index (χ3v) is 7.73. The highest BCUT2D eigenvalue weighted by atomic mass is 16.4. The standard InChI is InChI=1S/C26H29N3O4/c1-16-9-5-6-13-19(16)29-23(30)20-21(24(29)31)26(25(32)33,15-17-10-3-2-4-11-17)28-22(20)18-12-7-8-14-27-18/h5-9,12-14,17,20-22,28H,2-4,10-11,15H2,1H3,(H,32,33). The van der Waals surface area contributed by atoms with Crippen molar-refractivity contribution in [1.82, 2.24) is 10.3 Å². The predicted octanol–water partition coefficient (Wildman–Crippen LogP) is 3.63. The maximum Gasteiger partial charge on any atom is 0.324 e. The van der Waals surface area contributed by atoms with Gasteiger partial charge in [-0.25, -0.2) is 4.90 Å². The van der Waals surface area contributed by atoms with Crippen LogP contribution in [0.15, 0.2) is 48.7 Å². The van der Waals surface area contributed by atoms with E-state index in [1.807, 2.05) is 25.1 Å². The van der Waals surface area contributed by atoms with Crippen LogP contribution in [0.4, 0.5) is 5.69 Å². The van der Waals surface area contributed by atoms with Crippen molar-refractivity contribution >= 4 is 23.5 Å². The number of carbonyl (C=O) groups is 3. The Morgan fingerprint density at radius 2 is 1.82 bits per heavy atom. The highest BCUT2D eigenvalue weighted by molar-refractivity contribution is 6.24. The van der Waals surface area contributed by atoms with E-state index < -0.39 is 35.3 Å². The number of aromatic nitrogens is 1. The summed E-state index contributed by atoms with van der Waals surface area (Å²) in [5.74, 6) is -3.42. The van der Waals surface area contributed by atoms with Crippen LogP contribution in [0.1, 0.15) is 55.8 Å². The molecule has 2 N–H and O–H groups in total. The fourth-order valence-corrected chi connectivity index (χ4v) is 6.19. The molecule has 5 rings (SSSR count). The average Bonchev–Trinajstić information content (AvgIpc) is 3.30. The summed E-state index contributed by atoms with van der Waals surface area (Å²) in [6, 6.07) is 12.0. The Kier molecular flexibility index (Phi) is 5.52. The first-order valence-electron chi connectivity index (χ1n) is 11.8. The van der Waals surface area contributed by atoms with Crippen molar-refractivity contribution < 1.29 is 19.5 Å². The van der Waals surface area contributed by atoms with Gasteiger partial charge in [0, 0.05) is 6.20 Å². The number of aryl methyl sites for hydroxylation is 1. The number of anilines is 1. The van der Waals surface area contributed by atoms with Crippen molar-refractivity contribution in [3.05, 3.63) is 59.9 Å². The number of nitrogens with zero attached hydrogens (tertiary/aromatic N) is 2. The predicted molar refractivity (Wildman–Crippen MR) is 122 cm³/mol. The van der Waals surface area contributed by atoms with Gasteiger partial charge < -0.3 is 5.11 Å². The number of carboxylic acids is 1.